The summed E-state index contributed by atoms with van der Waals surface area (Å²) in [4.78, 5) is 27.2. The van der Waals surface area contributed by atoms with Crippen molar-refractivity contribution in [2.45, 2.75) is 47.1 Å². The number of hydrogen-bond donors (Lipinski definition) is 0. The molecule has 0 radical (unpaired) electrons. The molecule has 2 rings (SSSR count). The molecule has 1 atom stereocenters. The van der Waals surface area contributed by atoms with Crippen LogP contribution in [0, 0.1) is 5.92 Å². The summed E-state index contributed by atoms with van der Waals surface area (Å²) in [6.45, 7) is 10.6. The van der Waals surface area contributed by atoms with Crippen LogP contribution in [0.2, 0.25) is 0 Å². The maximum absolute atomic E-state index is 12.3. The second-order valence-corrected chi connectivity index (χ2v) is 6.97. The van der Waals surface area contributed by atoms with E-state index in [4.69, 9.17) is 9.47 Å². The fourth-order valence-corrected chi connectivity index (χ4v) is 3.96. The normalized spacial score (nSPS) is 20.8. The first kappa shape index (κ1) is 16.9. The molecular formula is C16H23NO4S. The van der Waals surface area contributed by atoms with Crippen LogP contribution in [0.25, 0.3) is 0 Å². The van der Waals surface area contributed by atoms with Crippen LogP contribution in [0.1, 0.15) is 41.0 Å². The highest BCUT2D eigenvalue weighted by molar-refractivity contribution is 8.07. The van der Waals surface area contributed by atoms with E-state index in [2.05, 4.69) is 4.90 Å². The number of ether oxygens (including phenoxy) is 2. The monoisotopic (exact) mass is 325 g/mol. The van der Waals surface area contributed by atoms with Gasteiger partial charge in [0.2, 0.25) is 0 Å². The average molecular weight is 325 g/mol. The van der Waals surface area contributed by atoms with Crippen LogP contribution in [0.5, 0.6) is 0 Å². The second kappa shape index (κ2) is 6.77. The molecule has 0 aromatic rings. The lowest BCUT2D eigenvalue weighted by Gasteiger charge is -2.18. The Balaban J connectivity index is 2.21. The van der Waals surface area contributed by atoms with Gasteiger partial charge in [0.05, 0.1) is 29.7 Å². The van der Waals surface area contributed by atoms with Crippen LogP contribution in [0.15, 0.2) is 21.2 Å². The molecular weight excluding hydrogens is 302 g/mol. The summed E-state index contributed by atoms with van der Waals surface area (Å²) in [5.41, 5.74) is 1.66. The largest absolute Gasteiger partial charge is 0.466 e. The molecule has 0 aromatic heterocycles. The van der Waals surface area contributed by atoms with Crippen molar-refractivity contribution >= 4 is 23.7 Å². The Kier molecular flexibility index (Phi) is 5.21. The van der Waals surface area contributed by atoms with Crippen molar-refractivity contribution in [3.05, 3.63) is 21.2 Å². The van der Waals surface area contributed by atoms with Crippen molar-refractivity contribution in [1.82, 2.24) is 4.90 Å². The lowest BCUT2D eigenvalue weighted by atomic mass is 10.1. The Morgan fingerprint density at radius 2 is 2.09 bits per heavy atom. The Morgan fingerprint density at radius 1 is 1.41 bits per heavy atom. The van der Waals surface area contributed by atoms with Gasteiger partial charge in [0.15, 0.2) is 0 Å². The predicted octanol–water partition coefficient (Wildman–Crippen LogP) is 3.03. The summed E-state index contributed by atoms with van der Waals surface area (Å²) >= 11 is 1.55. The zero-order chi connectivity index (χ0) is 16.4. The first-order valence-electron chi connectivity index (χ1n) is 7.61. The third-order valence-corrected chi connectivity index (χ3v) is 4.76. The zero-order valence-electron chi connectivity index (χ0n) is 13.8. The molecule has 0 aliphatic carbocycles. The van der Waals surface area contributed by atoms with E-state index < -0.39 is 0 Å². The SMILES string of the molecule is CCOC(=O)CC1=C(C)SC2=C(C(=O)OC(C)C)C(C)CN12. The average Bonchev–Trinajstić information content (AvgIpc) is 2.85. The van der Waals surface area contributed by atoms with Gasteiger partial charge in [0.25, 0.3) is 0 Å². The van der Waals surface area contributed by atoms with E-state index in [-0.39, 0.29) is 30.4 Å². The Morgan fingerprint density at radius 3 is 2.68 bits per heavy atom. The van der Waals surface area contributed by atoms with E-state index in [1.807, 2.05) is 27.7 Å². The molecule has 122 valence electrons. The van der Waals surface area contributed by atoms with Gasteiger partial charge in [-0.15, -0.1) is 0 Å². The van der Waals surface area contributed by atoms with Gasteiger partial charge in [-0.2, -0.15) is 0 Å². The first-order chi connectivity index (χ1) is 10.3. The highest BCUT2D eigenvalue weighted by Gasteiger charge is 2.40. The van der Waals surface area contributed by atoms with Crippen molar-refractivity contribution in [2.24, 2.45) is 5.92 Å². The number of fused-ring (bicyclic) bond motifs is 1. The Bertz CT molecular complexity index is 550. The van der Waals surface area contributed by atoms with Gasteiger partial charge in [0.1, 0.15) is 0 Å². The molecule has 2 heterocycles. The van der Waals surface area contributed by atoms with Gasteiger partial charge in [-0.05, 0) is 27.7 Å². The number of rotatable bonds is 5. The van der Waals surface area contributed by atoms with E-state index in [9.17, 15) is 9.59 Å². The van der Waals surface area contributed by atoms with Gasteiger partial charge < -0.3 is 14.4 Å². The van der Waals surface area contributed by atoms with Crippen LogP contribution in [-0.4, -0.2) is 36.1 Å². The van der Waals surface area contributed by atoms with Crippen molar-refractivity contribution in [1.29, 1.82) is 0 Å². The molecule has 0 saturated carbocycles. The van der Waals surface area contributed by atoms with Gasteiger partial charge in [0, 0.05) is 23.1 Å². The number of carbonyl (C=O) groups is 2. The number of esters is 2. The summed E-state index contributed by atoms with van der Waals surface area (Å²) in [5.74, 6) is -0.388. The summed E-state index contributed by atoms with van der Waals surface area (Å²) in [6.07, 6.45) is 0.108. The maximum atomic E-state index is 12.3. The van der Waals surface area contributed by atoms with Crippen molar-refractivity contribution in [2.75, 3.05) is 13.2 Å². The molecule has 22 heavy (non-hydrogen) atoms. The molecule has 2 aliphatic rings. The van der Waals surface area contributed by atoms with Crippen LogP contribution in [0.3, 0.4) is 0 Å². The summed E-state index contributed by atoms with van der Waals surface area (Å²) in [5, 5.41) is 0.912. The molecule has 2 aliphatic heterocycles. The van der Waals surface area contributed by atoms with Crippen LogP contribution in [0.4, 0.5) is 0 Å². The molecule has 0 N–H and O–H groups in total. The van der Waals surface area contributed by atoms with Crippen LogP contribution < -0.4 is 0 Å². The van der Waals surface area contributed by atoms with Crippen LogP contribution >= 0.6 is 11.8 Å². The molecule has 1 unspecified atom stereocenters. The van der Waals surface area contributed by atoms with E-state index in [0.29, 0.717) is 13.2 Å². The van der Waals surface area contributed by atoms with Gasteiger partial charge in [-0.25, -0.2) is 4.79 Å². The van der Waals surface area contributed by atoms with Crippen molar-refractivity contribution in [3.63, 3.8) is 0 Å². The van der Waals surface area contributed by atoms with Crippen molar-refractivity contribution < 1.29 is 19.1 Å². The van der Waals surface area contributed by atoms with Crippen LogP contribution in [-0.2, 0) is 19.1 Å². The number of thioether (sulfide) groups is 1. The second-order valence-electron chi connectivity index (χ2n) is 5.77. The molecule has 0 amide bonds. The fraction of sp³-hybridized carbons (Fsp3) is 0.625. The van der Waals surface area contributed by atoms with Gasteiger partial charge in [-0.1, -0.05) is 18.7 Å². The molecule has 0 spiro atoms. The molecule has 0 saturated heterocycles. The number of hydrogen-bond acceptors (Lipinski definition) is 6. The minimum absolute atomic E-state index is 0.0963. The fourth-order valence-electron chi connectivity index (χ4n) is 2.68. The topological polar surface area (TPSA) is 55.8 Å². The molecule has 0 bridgehead atoms. The summed E-state index contributed by atoms with van der Waals surface area (Å²) < 4.78 is 10.4. The Hall–Kier alpha value is -1.43. The van der Waals surface area contributed by atoms with E-state index in [1.165, 1.54) is 0 Å². The maximum Gasteiger partial charge on any atom is 0.337 e. The van der Waals surface area contributed by atoms with Crippen molar-refractivity contribution in [3.8, 4) is 0 Å². The molecule has 6 heteroatoms. The lowest BCUT2D eigenvalue weighted by molar-refractivity contribution is -0.143. The minimum atomic E-state index is -0.252. The quantitative estimate of drug-likeness (QED) is 0.724. The highest BCUT2D eigenvalue weighted by atomic mass is 32.2. The smallest absolute Gasteiger partial charge is 0.337 e. The van der Waals surface area contributed by atoms with E-state index in [0.717, 1.165) is 21.2 Å². The summed E-state index contributed by atoms with van der Waals surface area (Å²) in [7, 11) is 0. The van der Waals surface area contributed by atoms with E-state index >= 15 is 0 Å². The third kappa shape index (κ3) is 3.32. The highest BCUT2D eigenvalue weighted by Crippen LogP contribution is 2.49. The number of nitrogens with zero attached hydrogens (tertiary/aromatic N) is 1. The number of carbonyl (C=O) groups excluding carboxylic acids is 2. The van der Waals surface area contributed by atoms with Gasteiger partial charge >= 0.3 is 11.9 Å². The molecule has 5 nitrogen and oxygen atoms in total. The van der Waals surface area contributed by atoms with E-state index in [1.54, 1.807) is 18.7 Å². The lowest BCUT2D eigenvalue weighted by Crippen LogP contribution is -2.20. The zero-order valence-corrected chi connectivity index (χ0v) is 14.6. The van der Waals surface area contributed by atoms with Gasteiger partial charge in [-0.3, -0.25) is 4.79 Å². The first-order valence-corrected chi connectivity index (χ1v) is 8.42. The minimum Gasteiger partial charge on any atom is -0.466 e. The summed E-state index contributed by atoms with van der Waals surface area (Å²) in [6, 6.07) is 0. The Labute approximate surface area is 135 Å². The standard InChI is InChI=1S/C16H23NO4S/c1-6-20-13(18)7-12-11(5)22-15-14(10(4)8-17(12)15)16(19)21-9(2)3/h9-10H,6-8H2,1-5H3. The predicted molar refractivity (Wildman–Crippen MR) is 85.7 cm³/mol. The molecule has 0 fully saturated rings. The third-order valence-electron chi connectivity index (χ3n) is 3.59. The number of allylic oxidation sites excluding steroid dienone is 1. The molecule has 0 aromatic carbocycles.